The Morgan fingerprint density at radius 3 is 0.806 bits per heavy atom. The molecule has 0 radical (unpaired) electrons. The molecule has 0 bridgehead atoms. The molecule has 0 aliphatic carbocycles. The van der Waals surface area contributed by atoms with Gasteiger partial charge in [-0.2, -0.15) is 0 Å². The van der Waals surface area contributed by atoms with Crippen molar-refractivity contribution in [3.63, 3.8) is 0 Å². The Balaban J connectivity index is 0.842. The van der Waals surface area contributed by atoms with Crippen LogP contribution in [0.25, 0.3) is 0 Å². The zero-order chi connectivity index (χ0) is 98.3. The summed E-state index contributed by atoms with van der Waals surface area (Å²) in [6.07, 6.45) is -26.2. The topological polar surface area (TPSA) is 220 Å². The van der Waals surface area contributed by atoms with E-state index in [1.54, 1.807) is 0 Å². The summed E-state index contributed by atoms with van der Waals surface area (Å²) in [5, 5.41) is 0. The van der Waals surface area contributed by atoms with Crippen LogP contribution in [-0.2, 0) is 195 Å². The smallest absolute Gasteiger partial charge is 0.303 e. The van der Waals surface area contributed by atoms with Crippen LogP contribution in [0.5, 0.6) is 0 Å². The fraction of sp³-hybridized carbons (Fsp3) is 0.331. The quantitative estimate of drug-likeness (QED) is 0.0255. The van der Waals surface area contributed by atoms with Gasteiger partial charge in [-0.15, -0.1) is 0 Å². The average molecular weight is 1950 g/mol. The number of ether oxygens (including phenoxy) is 22. The van der Waals surface area contributed by atoms with E-state index in [0.717, 1.165) is 72.3 Å². The highest BCUT2D eigenvalue weighted by Crippen LogP contribution is 2.44. The molecule has 0 spiro atoms. The SMILES string of the molecule is C=C[C@H](OC(C)=O)[C@H]1O[C@H](OC)[C@@H](OCc2ccccc2)[C@@H](O[C@H]2O[C@H]([C@H](COCc3ccccc3)OCc3ccccc3)[C@@H](OCc3ccccc3)[C@H](OCc3ccccc3)[C@@H]2OCc2ccccc2)[C@@H]1O[C@@H]1O[C@H](COCc2ccccc2)[C@@H](O[C@@H]2O[C@H](COCc3ccccc3)[C@H](OCc3ccccc3)[C@H](OCc3ccccc3)[C@H]2OCc2ccccc2)[C@H](OCc2ccccc2)[C@H]1OCc1ccccc1. The highest BCUT2D eigenvalue weighted by molar-refractivity contribution is 5.66. The Kier molecular flexibility index (Phi) is 40.0. The van der Waals surface area contributed by atoms with Gasteiger partial charge in [-0.05, 0) is 78.4 Å². The number of methoxy groups -OCH3 is 1. The molecule has 23 heteroatoms. The van der Waals surface area contributed by atoms with E-state index >= 15 is 0 Å². The standard InChI is InChI=1S/C121H128O23/c1-4-100(137-86(2)122)105-112(113(117(118(123-3)140-105)136-82-99-68-42-17-43-69-99)144-121-116(135-81-98-66-40-16-41-67-98)111(132-78-95-60-34-13-35-61-95)109(130-76-93-56-30-11-31-57-93)106(141-121)101(127-73-90-50-24-8-25-51-90)83-124-70-87-44-18-5-19-45-87)143-120-115(134-80-97-64-38-15-39-65-97)110(131-77-94-58-32-12-33-59-94)107(103(139-120)85-126-72-89-48-22-7-23-49-89)142-119-114(133-79-96-62-36-14-37-63-96)108(129-75-92-54-28-10-29-55-92)104(128-74-91-52-26-9-27-53-91)102(138-119)84-125-71-88-46-20-6-21-47-88/h4-69,100-121H,1,70-85H2,2-3H3/t100-,101-,102+,103+,104-,105+,106+,107+,108-,109+,110-,111-,112+,113-,114+,115+,116-,117-,118-,119-,120-,121+/m0/s1. The molecule has 750 valence electrons. The van der Waals surface area contributed by atoms with Gasteiger partial charge in [0.15, 0.2) is 25.2 Å². The number of hydrogen-bond acceptors (Lipinski definition) is 23. The molecule has 4 saturated heterocycles. The lowest BCUT2D eigenvalue weighted by Crippen LogP contribution is -2.70. The second kappa shape index (κ2) is 55.5. The number of benzene rings is 13. The van der Waals surface area contributed by atoms with Crippen LogP contribution in [0, 0.1) is 0 Å². The van der Waals surface area contributed by atoms with Gasteiger partial charge in [-0.1, -0.05) is 401 Å². The molecule has 4 aliphatic heterocycles. The van der Waals surface area contributed by atoms with Gasteiger partial charge in [-0.3, -0.25) is 4.79 Å². The third-order valence-electron chi connectivity index (χ3n) is 25.6. The van der Waals surface area contributed by atoms with Crippen LogP contribution < -0.4 is 0 Å². The maximum Gasteiger partial charge on any atom is 0.303 e. The van der Waals surface area contributed by atoms with Crippen molar-refractivity contribution in [3.8, 4) is 0 Å². The van der Waals surface area contributed by atoms with Gasteiger partial charge >= 0.3 is 5.97 Å². The molecule has 0 amide bonds. The van der Waals surface area contributed by atoms with E-state index in [-0.39, 0.29) is 106 Å². The fourth-order valence-corrected chi connectivity index (χ4v) is 18.3. The summed E-state index contributed by atoms with van der Waals surface area (Å²) in [4.78, 5) is 14.2. The number of esters is 1. The average Bonchev–Trinajstić information content (AvgIpc) is 0.762. The van der Waals surface area contributed by atoms with E-state index in [0.29, 0.717) is 0 Å². The molecule has 22 atom stereocenters. The fourth-order valence-electron chi connectivity index (χ4n) is 18.3. The van der Waals surface area contributed by atoms with E-state index in [1.807, 2.05) is 394 Å². The predicted octanol–water partition coefficient (Wildman–Crippen LogP) is 20.3. The molecule has 0 N–H and O–H groups in total. The first-order valence-corrected chi connectivity index (χ1v) is 49.5. The summed E-state index contributed by atoms with van der Waals surface area (Å²) in [6.45, 7) is 6.55. The third kappa shape index (κ3) is 30.2. The summed E-state index contributed by atoms with van der Waals surface area (Å²) < 4.78 is 164. The molecule has 17 rings (SSSR count). The maximum absolute atomic E-state index is 14.2. The summed E-state index contributed by atoms with van der Waals surface area (Å²) in [5.41, 5.74) is 11.2. The molecule has 13 aromatic carbocycles. The first-order chi connectivity index (χ1) is 71.1. The van der Waals surface area contributed by atoms with E-state index < -0.39 is 141 Å². The highest BCUT2D eigenvalue weighted by atomic mass is 16.8. The largest absolute Gasteiger partial charge is 0.455 e. The molecule has 4 aliphatic rings. The van der Waals surface area contributed by atoms with Crippen LogP contribution in [-0.4, -0.2) is 168 Å². The number of carbonyl (C=O) groups is 1. The first kappa shape index (κ1) is 104. The van der Waals surface area contributed by atoms with E-state index in [4.69, 9.17) is 104 Å². The second-order valence-electron chi connectivity index (χ2n) is 36.1. The first-order valence-electron chi connectivity index (χ1n) is 49.5. The summed E-state index contributed by atoms with van der Waals surface area (Å²) >= 11 is 0. The van der Waals surface area contributed by atoms with E-state index in [9.17, 15) is 4.79 Å². The van der Waals surface area contributed by atoms with Gasteiger partial charge in [0.2, 0.25) is 0 Å². The number of rotatable bonds is 53. The number of carbonyl (C=O) groups excluding carboxylic acids is 1. The van der Waals surface area contributed by atoms with Crippen molar-refractivity contribution in [3.05, 3.63) is 479 Å². The van der Waals surface area contributed by atoms with Crippen molar-refractivity contribution >= 4 is 5.97 Å². The van der Waals surface area contributed by atoms with Gasteiger partial charge in [0.1, 0.15) is 110 Å². The minimum atomic E-state index is -1.62. The van der Waals surface area contributed by atoms with Crippen LogP contribution in [0.3, 0.4) is 0 Å². The highest BCUT2D eigenvalue weighted by Gasteiger charge is 2.61. The Morgan fingerprint density at radius 2 is 0.493 bits per heavy atom. The lowest BCUT2D eigenvalue weighted by Gasteiger charge is -2.53. The Morgan fingerprint density at radius 1 is 0.257 bits per heavy atom. The van der Waals surface area contributed by atoms with Gasteiger partial charge < -0.3 is 104 Å². The Bertz CT molecular complexity index is 5760. The van der Waals surface area contributed by atoms with Gasteiger partial charge in [-0.25, -0.2) is 0 Å². The molecule has 4 heterocycles. The monoisotopic (exact) mass is 1950 g/mol. The molecule has 4 fully saturated rings. The van der Waals surface area contributed by atoms with Crippen molar-refractivity contribution in [2.75, 3.05) is 26.9 Å². The second-order valence-corrected chi connectivity index (χ2v) is 36.1. The Hall–Kier alpha value is -11.8. The van der Waals surface area contributed by atoms with Crippen LogP contribution in [0.15, 0.2) is 407 Å². The van der Waals surface area contributed by atoms with Gasteiger partial charge in [0.05, 0.1) is 106 Å². The van der Waals surface area contributed by atoms with Crippen LogP contribution in [0.2, 0.25) is 0 Å². The molecule has 144 heavy (non-hydrogen) atoms. The summed E-state index contributed by atoms with van der Waals surface area (Å²) in [6, 6.07) is 129. The van der Waals surface area contributed by atoms with Crippen LogP contribution in [0.4, 0.5) is 0 Å². The Labute approximate surface area is 844 Å². The number of hydrogen-bond donors (Lipinski definition) is 0. The molecular formula is C121H128O23. The van der Waals surface area contributed by atoms with Crippen LogP contribution >= 0.6 is 0 Å². The molecule has 0 saturated carbocycles. The summed E-state index contributed by atoms with van der Waals surface area (Å²) in [7, 11) is 1.51. The minimum absolute atomic E-state index is 0.00260. The normalized spacial score (nSPS) is 24.7. The van der Waals surface area contributed by atoms with Crippen molar-refractivity contribution in [2.45, 2.75) is 228 Å². The van der Waals surface area contributed by atoms with Crippen molar-refractivity contribution < 1.29 is 109 Å². The lowest BCUT2D eigenvalue weighted by atomic mass is 9.92. The van der Waals surface area contributed by atoms with Crippen molar-refractivity contribution in [1.82, 2.24) is 0 Å². The lowest BCUT2D eigenvalue weighted by molar-refractivity contribution is -0.409. The molecule has 0 aromatic heterocycles. The molecule has 23 nitrogen and oxygen atoms in total. The third-order valence-corrected chi connectivity index (χ3v) is 25.6. The van der Waals surface area contributed by atoms with Gasteiger partial charge in [0, 0.05) is 14.0 Å². The molecular weight excluding hydrogens is 1820 g/mol. The zero-order valence-electron chi connectivity index (χ0n) is 81.2. The van der Waals surface area contributed by atoms with Crippen molar-refractivity contribution in [2.24, 2.45) is 0 Å². The predicted molar refractivity (Wildman–Crippen MR) is 541 cm³/mol. The summed E-state index contributed by atoms with van der Waals surface area (Å²) in [5.74, 6) is -0.675. The minimum Gasteiger partial charge on any atom is -0.455 e. The van der Waals surface area contributed by atoms with E-state index in [2.05, 4.69) is 6.58 Å². The van der Waals surface area contributed by atoms with Crippen LogP contribution in [0.1, 0.15) is 79.2 Å². The van der Waals surface area contributed by atoms with E-state index in [1.165, 1.54) is 20.1 Å². The van der Waals surface area contributed by atoms with Crippen molar-refractivity contribution in [1.29, 1.82) is 0 Å². The zero-order valence-corrected chi connectivity index (χ0v) is 81.2. The van der Waals surface area contributed by atoms with Gasteiger partial charge in [0.25, 0.3) is 0 Å². The maximum atomic E-state index is 14.2. The molecule has 0 unspecified atom stereocenters. The molecule has 13 aromatic rings.